The molecule has 0 N–H and O–H groups in total. The van der Waals surface area contributed by atoms with Crippen LogP contribution in [0.25, 0.3) is 5.52 Å². The smallest absolute Gasteiger partial charge is 0.154 e. The van der Waals surface area contributed by atoms with E-state index in [9.17, 15) is 4.79 Å². The topological polar surface area (TPSA) is 34.4 Å². The van der Waals surface area contributed by atoms with Gasteiger partial charge >= 0.3 is 0 Å². The van der Waals surface area contributed by atoms with Gasteiger partial charge in [0.25, 0.3) is 0 Å². The first-order valence-electron chi connectivity index (χ1n) is 3.93. The van der Waals surface area contributed by atoms with Crippen LogP contribution in [0.5, 0.6) is 0 Å². The molecule has 0 atom stereocenters. The van der Waals surface area contributed by atoms with Crippen molar-refractivity contribution >= 4 is 46.0 Å². The van der Waals surface area contributed by atoms with E-state index in [4.69, 9.17) is 11.6 Å². The van der Waals surface area contributed by atoms with E-state index in [-0.39, 0.29) is 0 Å². The van der Waals surface area contributed by atoms with Gasteiger partial charge in [-0.1, -0.05) is 11.6 Å². The van der Waals surface area contributed by atoms with Gasteiger partial charge in [-0.25, -0.2) is 4.52 Å². The molecule has 5 heteroatoms. The molecule has 0 spiro atoms. The molecule has 0 saturated carbocycles. The molecule has 0 aliphatic heterocycles. The van der Waals surface area contributed by atoms with Crippen molar-refractivity contribution in [2.24, 2.45) is 0 Å². The van der Waals surface area contributed by atoms with Crippen LogP contribution in [0.15, 0.2) is 12.1 Å². The molecule has 0 aromatic carbocycles. The van der Waals surface area contributed by atoms with Crippen LogP contribution in [0.1, 0.15) is 15.9 Å². The molecule has 2 rings (SSSR count). The molecule has 0 unspecified atom stereocenters. The summed E-state index contributed by atoms with van der Waals surface area (Å²) in [5.41, 5.74) is 2.37. The second-order valence-corrected chi connectivity index (χ2v) is 4.38. The molecule has 0 saturated heterocycles. The first-order chi connectivity index (χ1) is 6.63. The van der Waals surface area contributed by atoms with E-state index in [1.807, 2.05) is 41.6 Å². The van der Waals surface area contributed by atoms with Crippen LogP contribution in [0, 0.1) is 10.6 Å². The Kier molecular flexibility index (Phi) is 2.48. The number of halogens is 2. The van der Waals surface area contributed by atoms with E-state index >= 15 is 0 Å². The molecule has 0 bridgehead atoms. The minimum Gasteiger partial charge on any atom is -0.298 e. The second kappa shape index (κ2) is 3.51. The summed E-state index contributed by atoms with van der Waals surface area (Å²) < 4.78 is 2.24. The highest BCUT2D eigenvalue weighted by atomic mass is 127. The molecule has 0 aliphatic rings. The van der Waals surface area contributed by atoms with Gasteiger partial charge in [0, 0.05) is 0 Å². The van der Waals surface area contributed by atoms with Crippen LogP contribution in [-0.4, -0.2) is 15.9 Å². The lowest BCUT2D eigenvalue weighted by Crippen LogP contribution is -1.90. The van der Waals surface area contributed by atoms with Gasteiger partial charge in [-0.3, -0.25) is 4.79 Å². The molecule has 0 fully saturated rings. The van der Waals surface area contributed by atoms with Crippen molar-refractivity contribution in [2.75, 3.05) is 0 Å². The number of hydrogen-bond acceptors (Lipinski definition) is 2. The summed E-state index contributed by atoms with van der Waals surface area (Å²) in [6, 6.07) is 3.71. The van der Waals surface area contributed by atoms with E-state index in [1.54, 1.807) is 4.52 Å². The van der Waals surface area contributed by atoms with Crippen molar-refractivity contribution in [1.82, 2.24) is 9.61 Å². The summed E-state index contributed by atoms with van der Waals surface area (Å²) in [6.07, 6.45) is 0.805. The molecule has 72 valence electrons. The van der Waals surface area contributed by atoms with Crippen LogP contribution >= 0.6 is 34.2 Å². The summed E-state index contributed by atoms with van der Waals surface area (Å²) in [4.78, 5) is 10.8. The van der Waals surface area contributed by atoms with Crippen molar-refractivity contribution in [3.05, 3.63) is 32.1 Å². The summed E-state index contributed by atoms with van der Waals surface area (Å²) in [7, 11) is 0. The standard InChI is InChI=1S/C9H6ClIN2O/c1-5-2-7-6(4-14)9(11)12-13(7)8(10)3-5/h2-4H,1H3. The second-order valence-electron chi connectivity index (χ2n) is 2.97. The average Bonchev–Trinajstić information content (AvgIpc) is 2.41. The van der Waals surface area contributed by atoms with Gasteiger partial charge in [0.1, 0.15) is 8.85 Å². The molecular formula is C9H6ClIN2O. The number of pyridine rings is 1. The van der Waals surface area contributed by atoms with Gasteiger partial charge in [0.2, 0.25) is 0 Å². The monoisotopic (exact) mass is 320 g/mol. The lowest BCUT2D eigenvalue weighted by molar-refractivity contribution is 0.112. The Morgan fingerprint density at radius 3 is 2.93 bits per heavy atom. The van der Waals surface area contributed by atoms with Gasteiger partial charge in [-0.2, -0.15) is 5.10 Å². The van der Waals surface area contributed by atoms with Crippen LogP contribution in [0.3, 0.4) is 0 Å². The van der Waals surface area contributed by atoms with Gasteiger partial charge < -0.3 is 0 Å². The third-order valence-electron chi connectivity index (χ3n) is 1.95. The Hall–Kier alpha value is -0.620. The average molecular weight is 321 g/mol. The maximum Gasteiger partial charge on any atom is 0.154 e. The number of aromatic nitrogens is 2. The Labute approximate surface area is 99.2 Å². The molecule has 2 aromatic heterocycles. The summed E-state index contributed by atoms with van der Waals surface area (Å²) >= 11 is 8.01. The maximum atomic E-state index is 10.8. The normalized spacial score (nSPS) is 10.8. The van der Waals surface area contributed by atoms with Gasteiger partial charge in [-0.15, -0.1) is 0 Å². The molecule has 0 radical (unpaired) electrons. The van der Waals surface area contributed by atoms with E-state index < -0.39 is 0 Å². The van der Waals surface area contributed by atoms with Crippen LogP contribution in [-0.2, 0) is 0 Å². The van der Waals surface area contributed by atoms with Crippen LogP contribution in [0.2, 0.25) is 5.15 Å². The number of carbonyl (C=O) groups excluding carboxylic acids is 1. The molecule has 0 aliphatic carbocycles. The lowest BCUT2D eigenvalue weighted by atomic mass is 10.2. The van der Waals surface area contributed by atoms with E-state index in [1.165, 1.54) is 0 Å². The van der Waals surface area contributed by atoms with E-state index in [0.717, 1.165) is 17.4 Å². The Bertz CT molecular complexity index is 521. The SMILES string of the molecule is Cc1cc(Cl)n2nc(I)c(C=O)c2c1. The van der Waals surface area contributed by atoms with Crippen LogP contribution in [0.4, 0.5) is 0 Å². The zero-order valence-electron chi connectivity index (χ0n) is 7.29. The minimum atomic E-state index is 0.519. The van der Waals surface area contributed by atoms with Crippen molar-refractivity contribution in [2.45, 2.75) is 6.92 Å². The van der Waals surface area contributed by atoms with Gasteiger partial charge in [0.15, 0.2) is 6.29 Å². The summed E-state index contributed by atoms with van der Waals surface area (Å²) in [6.45, 7) is 1.93. The predicted molar refractivity (Wildman–Crippen MR) is 63.0 cm³/mol. The maximum absolute atomic E-state index is 10.8. The fourth-order valence-corrected chi connectivity index (χ4v) is 2.25. The van der Waals surface area contributed by atoms with Gasteiger partial charge in [0.05, 0.1) is 11.1 Å². The minimum absolute atomic E-state index is 0.519. The van der Waals surface area contributed by atoms with E-state index in [0.29, 0.717) is 14.4 Å². The van der Waals surface area contributed by atoms with Crippen molar-refractivity contribution < 1.29 is 4.79 Å². The largest absolute Gasteiger partial charge is 0.298 e. The van der Waals surface area contributed by atoms with Crippen LogP contribution < -0.4 is 0 Å². The third kappa shape index (κ3) is 1.42. The predicted octanol–water partition coefficient (Wildman–Crippen LogP) is 2.71. The first-order valence-corrected chi connectivity index (χ1v) is 5.38. The first kappa shape index (κ1) is 9.92. The van der Waals surface area contributed by atoms with Crippen molar-refractivity contribution in [3.63, 3.8) is 0 Å². The van der Waals surface area contributed by atoms with Crippen molar-refractivity contribution in [3.8, 4) is 0 Å². The number of hydrogen-bond donors (Lipinski definition) is 0. The number of aryl methyl sites for hydroxylation is 1. The number of carbonyl (C=O) groups is 1. The zero-order chi connectivity index (χ0) is 10.3. The van der Waals surface area contributed by atoms with E-state index in [2.05, 4.69) is 5.10 Å². The Morgan fingerprint density at radius 1 is 1.57 bits per heavy atom. The number of nitrogens with zero attached hydrogens (tertiary/aromatic N) is 2. The zero-order valence-corrected chi connectivity index (χ0v) is 10.2. The molecule has 2 aromatic rings. The van der Waals surface area contributed by atoms with Crippen molar-refractivity contribution in [1.29, 1.82) is 0 Å². The third-order valence-corrected chi connectivity index (χ3v) is 3.01. The quantitative estimate of drug-likeness (QED) is 0.460. The number of aldehydes is 1. The molecule has 14 heavy (non-hydrogen) atoms. The summed E-state index contributed by atoms with van der Waals surface area (Å²) in [5, 5.41) is 4.68. The molecule has 2 heterocycles. The number of fused-ring (bicyclic) bond motifs is 1. The highest BCUT2D eigenvalue weighted by Crippen LogP contribution is 2.21. The number of rotatable bonds is 1. The Morgan fingerprint density at radius 2 is 2.29 bits per heavy atom. The summed E-state index contributed by atoms with van der Waals surface area (Å²) in [5.74, 6) is 0. The fourth-order valence-electron chi connectivity index (χ4n) is 1.33. The fraction of sp³-hybridized carbons (Fsp3) is 0.111. The van der Waals surface area contributed by atoms with Gasteiger partial charge in [-0.05, 0) is 47.2 Å². The highest BCUT2D eigenvalue weighted by molar-refractivity contribution is 14.1. The Balaban J connectivity index is 2.94. The molecule has 0 amide bonds. The highest BCUT2D eigenvalue weighted by Gasteiger charge is 2.11. The lowest BCUT2D eigenvalue weighted by Gasteiger charge is -1.98. The molecule has 3 nitrogen and oxygen atoms in total. The molecular weight excluding hydrogens is 314 g/mol.